The maximum atomic E-state index is 12.1. The summed E-state index contributed by atoms with van der Waals surface area (Å²) in [6, 6.07) is 1.72. The molecule has 0 aliphatic rings. The molecule has 1 unspecified atom stereocenters. The molecule has 0 bridgehead atoms. The first kappa shape index (κ1) is 15.6. The second kappa shape index (κ2) is 7.23. The van der Waals surface area contributed by atoms with Gasteiger partial charge in [0.2, 0.25) is 10.0 Å². The quantitative estimate of drug-likeness (QED) is 0.772. The molecule has 6 heteroatoms. The summed E-state index contributed by atoms with van der Waals surface area (Å²) in [6.07, 6.45) is 3.00. The summed E-state index contributed by atoms with van der Waals surface area (Å²) in [4.78, 5) is 0. The molecule has 0 saturated carbocycles. The van der Waals surface area contributed by atoms with Crippen molar-refractivity contribution >= 4 is 21.4 Å². The Bertz CT molecular complexity index is 454. The van der Waals surface area contributed by atoms with Gasteiger partial charge >= 0.3 is 0 Å². The molecule has 1 aromatic heterocycles. The van der Waals surface area contributed by atoms with Gasteiger partial charge in [-0.1, -0.05) is 19.8 Å². The van der Waals surface area contributed by atoms with Crippen molar-refractivity contribution in [1.29, 1.82) is 0 Å². The van der Waals surface area contributed by atoms with Crippen LogP contribution < -0.4 is 10.0 Å². The monoisotopic (exact) mass is 290 g/mol. The molecule has 104 valence electrons. The van der Waals surface area contributed by atoms with Crippen molar-refractivity contribution in [3.8, 4) is 0 Å². The van der Waals surface area contributed by atoms with Gasteiger partial charge in [-0.3, -0.25) is 0 Å². The van der Waals surface area contributed by atoms with Crippen molar-refractivity contribution in [3.05, 3.63) is 17.0 Å². The lowest BCUT2D eigenvalue weighted by atomic mass is 10.2. The van der Waals surface area contributed by atoms with E-state index in [1.54, 1.807) is 6.07 Å². The van der Waals surface area contributed by atoms with E-state index < -0.39 is 10.0 Å². The summed E-state index contributed by atoms with van der Waals surface area (Å²) >= 11 is 1.27. The van der Waals surface area contributed by atoms with Crippen LogP contribution in [-0.4, -0.2) is 21.5 Å². The zero-order chi connectivity index (χ0) is 13.6. The molecule has 1 rings (SSSR count). The normalized spacial score (nSPS) is 13.7. The first-order chi connectivity index (χ1) is 8.49. The predicted molar refractivity (Wildman–Crippen MR) is 76.4 cm³/mol. The molecule has 18 heavy (non-hydrogen) atoms. The molecular formula is C12H22N2O2S2. The summed E-state index contributed by atoms with van der Waals surface area (Å²) in [5.41, 5.74) is 1.00. The number of unbranched alkanes of at least 4 members (excludes halogenated alkanes) is 1. The fourth-order valence-electron chi connectivity index (χ4n) is 1.68. The number of rotatable bonds is 8. The SMILES string of the molecule is CCCCC(C)NS(=O)(=O)c1cc(CNC)cs1. The summed E-state index contributed by atoms with van der Waals surface area (Å²) in [5.74, 6) is 0. The third-order valence-electron chi connectivity index (χ3n) is 2.62. The summed E-state index contributed by atoms with van der Waals surface area (Å²) < 4.78 is 27.3. The highest BCUT2D eigenvalue weighted by atomic mass is 32.2. The van der Waals surface area contributed by atoms with E-state index in [0.717, 1.165) is 24.8 Å². The van der Waals surface area contributed by atoms with E-state index in [2.05, 4.69) is 17.0 Å². The van der Waals surface area contributed by atoms with Crippen LogP contribution in [0.2, 0.25) is 0 Å². The van der Waals surface area contributed by atoms with E-state index in [1.165, 1.54) is 11.3 Å². The van der Waals surface area contributed by atoms with Crippen molar-refractivity contribution in [3.63, 3.8) is 0 Å². The standard InChI is InChI=1S/C12H22N2O2S2/c1-4-5-6-10(2)14-18(15,16)12-7-11(8-13-3)9-17-12/h7,9-10,13-14H,4-6,8H2,1-3H3. The van der Waals surface area contributed by atoms with Crippen LogP contribution in [-0.2, 0) is 16.6 Å². The van der Waals surface area contributed by atoms with Gasteiger partial charge in [-0.05, 0) is 37.4 Å². The Morgan fingerprint density at radius 1 is 1.44 bits per heavy atom. The van der Waals surface area contributed by atoms with Gasteiger partial charge in [-0.25, -0.2) is 13.1 Å². The van der Waals surface area contributed by atoms with Gasteiger partial charge in [0.25, 0.3) is 0 Å². The van der Waals surface area contributed by atoms with Gasteiger partial charge in [-0.15, -0.1) is 11.3 Å². The third-order valence-corrected chi connectivity index (χ3v) is 5.70. The molecule has 1 aromatic rings. The lowest BCUT2D eigenvalue weighted by Crippen LogP contribution is -2.32. The lowest BCUT2D eigenvalue weighted by Gasteiger charge is -2.12. The van der Waals surface area contributed by atoms with Crippen molar-refractivity contribution in [2.75, 3.05) is 7.05 Å². The molecule has 1 atom stereocenters. The number of hydrogen-bond acceptors (Lipinski definition) is 4. The molecule has 4 nitrogen and oxygen atoms in total. The van der Waals surface area contributed by atoms with Crippen LogP contribution in [0.5, 0.6) is 0 Å². The zero-order valence-corrected chi connectivity index (χ0v) is 12.8. The van der Waals surface area contributed by atoms with Crippen molar-refractivity contribution in [2.24, 2.45) is 0 Å². The fourth-order valence-corrected chi connectivity index (χ4v) is 4.19. The van der Waals surface area contributed by atoms with Crippen LogP contribution >= 0.6 is 11.3 Å². The fraction of sp³-hybridized carbons (Fsp3) is 0.667. The highest BCUT2D eigenvalue weighted by Crippen LogP contribution is 2.20. The highest BCUT2D eigenvalue weighted by Gasteiger charge is 2.19. The van der Waals surface area contributed by atoms with Gasteiger partial charge in [0, 0.05) is 12.6 Å². The van der Waals surface area contributed by atoms with Gasteiger partial charge in [-0.2, -0.15) is 0 Å². The van der Waals surface area contributed by atoms with Gasteiger partial charge in [0.1, 0.15) is 4.21 Å². The van der Waals surface area contributed by atoms with Gasteiger partial charge < -0.3 is 5.32 Å². The zero-order valence-electron chi connectivity index (χ0n) is 11.2. The van der Waals surface area contributed by atoms with E-state index in [-0.39, 0.29) is 6.04 Å². The van der Waals surface area contributed by atoms with Crippen LogP contribution in [0.1, 0.15) is 38.7 Å². The molecule has 0 aliphatic carbocycles. The van der Waals surface area contributed by atoms with E-state index in [1.807, 2.05) is 19.4 Å². The first-order valence-electron chi connectivity index (χ1n) is 6.24. The lowest BCUT2D eigenvalue weighted by molar-refractivity contribution is 0.535. The predicted octanol–water partition coefficient (Wildman–Crippen LogP) is 2.32. The first-order valence-corrected chi connectivity index (χ1v) is 8.60. The average Bonchev–Trinajstić information content (AvgIpc) is 2.75. The van der Waals surface area contributed by atoms with Crippen LogP contribution in [0.3, 0.4) is 0 Å². The van der Waals surface area contributed by atoms with Gasteiger partial charge in [0.15, 0.2) is 0 Å². The molecule has 0 spiro atoms. The van der Waals surface area contributed by atoms with Crippen LogP contribution in [0.4, 0.5) is 0 Å². The minimum Gasteiger partial charge on any atom is -0.316 e. The topological polar surface area (TPSA) is 58.2 Å². The Morgan fingerprint density at radius 2 is 2.17 bits per heavy atom. The second-order valence-corrected chi connectivity index (χ2v) is 7.32. The highest BCUT2D eigenvalue weighted by molar-refractivity contribution is 7.91. The van der Waals surface area contributed by atoms with Crippen molar-refractivity contribution in [1.82, 2.24) is 10.0 Å². The molecular weight excluding hydrogens is 268 g/mol. The number of thiophene rings is 1. The van der Waals surface area contributed by atoms with E-state index in [9.17, 15) is 8.42 Å². The van der Waals surface area contributed by atoms with E-state index >= 15 is 0 Å². The maximum Gasteiger partial charge on any atom is 0.250 e. The smallest absolute Gasteiger partial charge is 0.250 e. The van der Waals surface area contributed by atoms with Crippen LogP contribution in [0.25, 0.3) is 0 Å². The Labute approximate surface area is 114 Å². The van der Waals surface area contributed by atoms with Crippen molar-refractivity contribution in [2.45, 2.75) is 49.9 Å². The number of hydrogen-bond donors (Lipinski definition) is 2. The second-order valence-electron chi connectivity index (χ2n) is 4.47. The van der Waals surface area contributed by atoms with Crippen molar-refractivity contribution < 1.29 is 8.42 Å². The maximum absolute atomic E-state index is 12.1. The average molecular weight is 290 g/mol. The number of sulfonamides is 1. The van der Waals surface area contributed by atoms with E-state index in [4.69, 9.17) is 0 Å². The number of nitrogens with one attached hydrogen (secondary N) is 2. The minimum atomic E-state index is -3.35. The molecule has 0 fully saturated rings. The Kier molecular flexibility index (Phi) is 6.28. The molecule has 0 radical (unpaired) electrons. The Hall–Kier alpha value is -0.430. The summed E-state index contributed by atoms with van der Waals surface area (Å²) in [6.45, 7) is 4.71. The van der Waals surface area contributed by atoms with Crippen LogP contribution in [0.15, 0.2) is 15.7 Å². The Morgan fingerprint density at radius 3 is 2.78 bits per heavy atom. The van der Waals surface area contributed by atoms with E-state index in [0.29, 0.717) is 10.8 Å². The molecule has 0 aliphatic heterocycles. The summed E-state index contributed by atoms with van der Waals surface area (Å²) in [5, 5.41) is 4.89. The molecule has 1 heterocycles. The molecule has 0 amide bonds. The minimum absolute atomic E-state index is 0.00944. The molecule has 0 saturated heterocycles. The summed E-state index contributed by atoms with van der Waals surface area (Å²) in [7, 11) is -1.50. The van der Waals surface area contributed by atoms with Gasteiger partial charge in [0.05, 0.1) is 0 Å². The van der Waals surface area contributed by atoms with Crippen LogP contribution in [0, 0.1) is 0 Å². The largest absolute Gasteiger partial charge is 0.316 e. The third kappa shape index (κ3) is 4.68. The molecule has 2 N–H and O–H groups in total. The Balaban J connectivity index is 2.67. The molecule has 0 aromatic carbocycles.